The number of carboxylic acid groups (broad SMARTS) is 1. The third-order valence-electron chi connectivity index (χ3n) is 2.20. The lowest BCUT2D eigenvalue weighted by Crippen LogP contribution is -2.52. The number of carboxylic acids is 1. The first kappa shape index (κ1) is 12.4. The maximum Gasteiger partial charge on any atom is 0.326 e. The highest BCUT2D eigenvalue weighted by molar-refractivity contribution is 5.79. The van der Waals surface area contributed by atoms with Crippen molar-refractivity contribution in [2.75, 3.05) is 6.67 Å². The van der Waals surface area contributed by atoms with E-state index < -0.39 is 29.7 Å². The predicted molar refractivity (Wildman–Crippen MR) is 52.3 cm³/mol. The van der Waals surface area contributed by atoms with Crippen LogP contribution in [0.25, 0.3) is 0 Å². The molecule has 0 aliphatic carbocycles. The van der Waals surface area contributed by atoms with Gasteiger partial charge in [-0.05, 0) is 17.7 Å². The van der Waals surface area contributed by atoms with Crippen molar-refractivity contribution < 1.29 is 23.8 Å². The quantitative estimate of drug-likeness (QED) is 0.715. The lowest BCUT2D eigenvalue weighted by molar-refractivity contribution is -0.143. The molecule has 4 nitrogen and oxygen atoms in total. The minimum atomic E-state index is -2.07. The molecule has 1 atom stereocenters. The van der Waals surface area contributed by atoms with Gasteiger partial charge < -0.3 is 15.9 Å². The van der Waals surface area contributed by atoms with Crippen molar-refractivity contribution >= 4 is 5.97 Å². The molecule has 0 heterocycles. The Morgan fingerprint density at radius 2 is 2.12 bits per heavy atom. The summed E-state index contributed by atoms with van der Waals surface area (Å²) in [5.74, 6) is -2.95. The molecular formula is C10H11F2NO3. The molecular weight excluding hydrogens is 219 g/mol. The van der Waals surface area contributed by atoms with Gasteiger partial charge in [-0.25, -0.2) is 8.78 Å². The number of hydrogen-bond donors (Lipinski definition) is 3. The van der Waals surface area contributed by atoms with Gasteiger partial charge in [0.1, 0.15) is 12.2 Å². The Balaban J connectivity index is 2.95. The van der Waals surface area contributed by atoms with Crippen molar-refractivity contribution in [1.29, 1.82) is 0 Å². The number of phenolic OH excluding ortho intramolecular Hbond substituents is 1. The summed E-state index contributed by atoms with van der Waals surface area (Å²) in [5, 5.41) is 17.6. The third-order valence-corrected chi connectivity index (χ3v) is 2.20. The third kappa shape index (κ3) is 2.46. The second-order valence-corrected chi connectivity index (χ2v) is 3.56. The molecule has 1 aromatic rings. The molecule has 0 spiro atoms. The van der Waals surface area contributed by atoms with Crippen LogP contribution in [-0.4, -0.2) is 28.4 Å². The average molecular weight is 230 g/mol. The van der Waals surface area contributed by atoms with Gasteiger partial charge in [0.2, 0.25) is 0 Å². The van der Waals surface area contributed by atoms with E-state index in [0.29, 0.717) is 0 Å². The van der Waals surface area contributed by atoms with E-state index in [0.717, 1.165) is 12.1 Å². The summed E-state index contributed by atoms with van der Waals surface area (Å²) in [5.41, 5.74) is 3.44. The van der Waals surface area contributed by atoms with Crippen LogP contribution in [-0.2, 0) is 11.2 Å². The van der Waals surface area contributed by atoms with Crippen molar-refractivity contribution in [2.24, 2.45) is 5.73 Å². The van der Waals surface area contributed by atoms with Gasteiger partial charge in [0, 0.05) is 6.42 Å². The fourth-order valence-electron chi connectivity index (χ4n) is 1.20. The summed E-state index contributed by atoms with van der Waals surface area (Å²) in [6.07, 6.45) is -0.351. The van der Waals surface area contributed by atoms with Crippen LogP contribution >= 0.6 is 0 Å². The number of phenols is 1. The number of alkyl halides is 1. The molecule has 0 radical (unpaired) electrons. The molecule has 1 aromatic carbocycles. The first-order chi connectivity index (χ1) is 7.39. The maximum atomic E-state index is 12.9. The Hall–Kier alpha value is -1.69. The zero-order valence-electron chi connectivity index (χ0n) is 8.28. The minimum Gasteiger partial charge on any atom is -0.505 e. The molecule has 0 saturated heterocycles. The topological polar surface area (TPSA) is 83.5 Å². The van der Waals surface area contributed by atoms with Crippen molar-refractivity contribution in [3.8, 4) is 5.75 Å². The highest BCUT2D eigenvalue weighted by Crippen LogP contribution is 2.19. The van der Waals surface area contributed by atoms with Crippen molar-refractivity contribution in [3.05, 3.63) is 29.6 Å². The number of carbonyl (C=O) groups is 1. The second-order valence-electron chi connectivity index (χ2n) is 3.56. The molecule has 4 N–H and O–H groups in total. The van der Waals surface area contributed by atoms with Gasteiger partial charge in [0.05, 0.1) is 0 Å². The molecule has 0 amide bonds. The van der Waals surface area contributed by atoms with Crippen LogP contribution in [0, 0.1) is 5.82 Å². The molecule has 0 saturated carbocycles. The molecule has 0 fully saturated rings. The van der Waals surface area contributed by atoms with Gasteiger partial charge in [-0.2, -0.15) is 0 Å². The highest BCUT2D eigenvalue weighted by Gasteiger charge is 2.34. The van der Waals surface area contributed by atoms with E-state index in [1.165, 1.54) is 6.07 Å². The summed E-state index contributed by atoms with van der Waals surface area (Å²) in [6.45, 7) is -1.26. The Morgan fingerprint density at radius 3 is 2.56 bits per heavy atom. The number of aromatic hydroxyl groups is 1. The first-order valence-electron chi connectivity index (χ1n) is 4.44. The first-order valence-corrected chi connectivity index (χ1v) is 4.44. The summed E-state index contributed by atoms with van der Waals surface area (Å²) in [6, 6.07) is 3.28. The van der Waals surface area contributed by atoms with Crippen LogP contribution in [0.2, 0.25) is 0 Å². The number of benzene rings is 1. The second kappa shape index (κ2) is 4.44. The monoisotopic (exact) mass is 230 g/mol. The van der Waals surface area contributed by atoms with Crippen molar-refractivity contribution in [3.63, 3.8) is 0 Å². The van der Waals surface area contributed by atoms with Crippen LogP contribution in [0.1, 0.15) is 5.56 Å². The van der Waals surface area contributed by atoms with Crippen LogP contribution < -0.4 is 5.73 Å². The standard InChI is InChI=1S/C10H11F2NO3/c11-5-10(13,9(15)16)4-6-1-2-8(14)7(12)3-6/h1-3,14H,4-5,13H2,(H,15,16)/i11-1. The van der Waals surface area contributed by atoms with E-state index in [2.05, 4.69) is 0 Å². The Kier molecular flexibility index (Phi) is 3.44. The SMILES string of the molecule is NC(C[18F])(Cc1ccc(O)c(F)c1)C(=O)O. The number of aliphatic carboxylic acids is 1. The zero-order valence-corrected chi connectivity index (χ0v) is 8.28. The molecule has 0 aliphatic rings. The largest absolute Gasteiger partial charge is 0.505 e. The molecule has 88 valence electrons. The minimum absolute atomic E-state index is 0.206. The van der Waals surface area contributed by atoms with Crippen LogP contribution in [0.4, 0.5) is 8.78 Å². The van der Waals surface area contributed by atoms with E-state index in [9.17, 15) is 13.6 Å². The van der Waals surface area contributed by atoms with Gasteiger partial charge in [0.15, 0.2) is 11.6 Å². The van der Waals surface area contributed by atoms with Crippen molar-refractivity contribution in [1.82, 2.24) is 0 Å². The number of halogens is 2. The molecule has 1 unspecified atom stereocenters. The van der Waals surface area contributed by atoms with E-state index in [4.69, 9.17) is 15.9 Å². The Bertz CT molecular complexity index is 411. The van der Waals surface area contributed by atoms with Gasteiger partial charge in [-0.3, -0.25) is 4.79 Å². The number of hydrogen-bond acceptors (Lipinski definition) is 3. The van der Waals surface area contributed by atoms with Gasteiger partial charge in [-0.15, -0.1) is 0 Å². The fourth-order valence-corrected chi connectivity index (χ4v) is 1.20. The Morgan fingerprint density at radius 1 is 1.50 bits per heavy atom. The van der Waals surface area contributed by atoms with E-state index in [1.54, 1.807) is 0 Å². The van der Waals surface area contributed by atoms with E-state index in [-0.39, 0.29) is 12.0 Å². The number of rotatable bonds is 4. The average Bonchev–Trinajstić information content (AvgIpc) is 2.23. The summed E-state index contributed by atoms with van der Waals surface area (Å²) in [7, 11) is 0. The molecule has 16 heavy (non-hydrogen) atoms. The number of nitrogens with two attached hydrogens (primary N) is 1. The van der Waals surface area contributed by atoms with Gasteiger partial charge >= 0.3 is 5.97 Å². The molecule has 0 bridgehead atoms. The molecule has 1 rings (SSSR count). The van der Waals surface area contributed by atoms with E-state index in [1.807, 2.05) is 0 Å². The smallest absolute Gasteiger partial charge is 0.326 e. The normalized spacial score (nSPS) is 14.4. The van der Waals surface area contributed by atoms with Crippen LogP contribution in [0.5, 0.6) is 5.75 Å². The maximum absolute atomic E-state index is 12.9. The molecule has 0 aromatic heterocycles. The fraction of sp³-hybridized carbons (Fsp3) is 0.300. The zero-order chi connectivity index (χ0) is 12.3. The van der Waals surface area contributed by atoms with E-state index >= 15 is 0 Å². The molecule has 6 heteroatoms. The Labute approximate surface area is 90.3 Å². The molecule has 0 aliphatic heterocycles. The van der Waals surface area contributed by atoms with Crippen molar-refractivity contribution in [2.45, 2.75) is 12.0 Å². The summed E-state index contributed by atoms with van der Waals surface area (Å²) in [4.78, 5) is 10.7. The lowest BCUT2D eigenvalue weighted by atomic mass is 9.93. The van der Waals surface area contributed by atoms with Crippen LogP contribution in [0.15, 0.2) is 18.2 Å². The van der Waals surface area contributed by atoms with Gasteiger partial charge in [-0.1, -0.05) is 6.07 Å². The van der Waals surface area contributed by atoms with Gasteiger partial charge in [0.25, 0.3) is 0 Å². The van der Waals surface area contributed by atoms with Crippen LogP contribution in [0.3, 0.4) is 0 Å². The highest BCUT2D eigenvalue weighted by atomic mass is 19.1. The lowest BCUT2D eigenvalue weighted by Gasteiger charge is -2.20. The summed E-state index contributed by atoms with van der Waals surface area (Å²) >= 11 is 0. The predicted octanol–water partition coefficient (Wildman–Crippen LogP) is 0.825. The summed E-state index contributed by atoms with van der Waals surface area (Å²) < 4.78 is 25.4.